The number of halogens is 3. The molecule has 1 radical (unpaired) electrons. The number of rotatable bonds is 6. The number of hydrogen-bond acceptors (Lipinski definition) is 3. The molecule has 0 bridgehead atoms. The molecule has 0 saturated carbocycles. The minimum atomic E-state index is -3.08. The van der Waals surface area contributed by atoms with Crippen LogP contribution in [0.4, 0.5) is 13.2 Å². The Hall–Kier alpha value is -0.858. The predicted octanol–water partition coefficient (Wildman–Crippen LogP) is 4.11. The molecule has 8 heteroatoms. The molecule has 2 aromatic rings. The van der Waals surface area contributed by atoms with E-state index in [2.05, 4.69) is 17.5 Å². The van der Waals surface area contributed by atoms with E-state index in [0.29, 0.717) is 0 Å². The normalized spacial score (nSPS) is 11.9. The summed E-state index contributed by atoms with van der Waals surface area (Å²) < 4.78 is 35.6. The second-order valence-electron chi connectivity index (χ2n) is 5.46. The summed E-state index contributed by atoms with van der Waals surface area (Å²) in [5.74, 6) is 0.810. The van der Waals surface area contributed by atoms with Gasteiger partial charge in [-0.2, -0.15) is 0 Å². The number of nitriles is 1. The first kappa shape index (κ1) is 26.1. The first-order chi connectivity index (χ1) is 12.3. The van der Waals surface area contributed by atoms with E-state index in [1.165, 1.54) is 19.4 Å². The molecule has 0 fully saturated rings. The van der Waals surface area contributed by atoms with E-state index >= 15 is 0 Å². The third-order valence-electron chi connectivity index (χ3n) is 3.23. The smallest absolute Gasteiger partial charge is 0.154 e. The topological polar surface area (TPSA) is 45.0 Å². The summed E-state index contributed by atoms with van der Waals surface area (Å²) >= 11 is 1.28. The summed E-state index contributed by atoms with van der Waals surface area (Å²) in [5, 5.41) is 12.8. The fourth-order valence-electron chi connectivity index (χ4n) is 1.90. The maximum atomic E-state index is 9.58. The Labute approximate surface area is 193 Å². The van der Waals surface area contributed by atoms with Crippen molar-refractivity contribution in [1.29, 1.82) is 5.26 Å². The Kier molecular flexibility index (Phi) is 12.9. The van der Waals surface area contributed by atoms with Crippen molar-refractivity contribution in [1.82, 2.24) is 5.32 Å². The molecule has 2 aromatic carbocycles. The summed E-state index contributed by atoms with van der Waals surface area (Å²) in [7, 11) is 0. The molecule has 0 aromatic heterocycles. The number of aryl methyl sites for hydroxylation is 1. The van der Waals surface area contributed by atoms with Crippen LogP contribution in [0.1, 0.15) is 18.1 Å². The molecule has 27 heavy (non-hydrogen) atoms. The molecule has 1 unspecified atom stereocenters. The van der Waals surface area contributed by atoms with Crippen LogP contribution >= 0.6 is 0 Å². The van der Waals surface area contributed by atoms with Gasteiger partial charge < -0.3 is 13.2 Å². The van der Waals surface area contributed by atoms with Crippen molar-refractivity contribution in [2.45, 2.75) is 19.4 Å². The number of para-hydroxylation sites is 1. The van der Waals surface area contributed by atoms with Crippen molar-refractivity contribution in [3.8, 4) is 11.8 Å². The zero-order chi connectivity index (χ0) is 19.6. The second-order valence-corrected chi connectivity index (χ2v) is 6.92. The Morgan fingerprint density at radius 2 is 1.81 bits per heavy atom. The van der Waals surface area contributed by atoms with Gasteiger partial charge in [0.2, 0.25) is 0 Å². The second kappa shape index (κ2) is 13.3. The van der Waals surface area contributed by atoms with Crippen LogP contribution in [-0.4, -0.2) is 16.2 Å². The molecule has 2 rings (SSSR count). The van der Waals surface area contributed by atoms with Crippen molar-refractivity contribution < 1.29 is 70.0 Å². The fraction of sp³-hybridized carbons (Fsp3) is 0.211. The Morgan fingerprint density at radius 1 is 1.26 bits per heavy atom. The zero-order valence-electron chi connectivity index (χ0n) is 14.8. The Bertz CT molecular complexity index is 753. The van der Waals surface area contributed by atoms with Crippen molar-refractivity contribution in [3.63, 3.8) is 0 Å². The van der Waals surface area contributed by atoms with Crippen molar-refractivity contribution in [2.24, 2.45) is 0 Å². The first-order valence-electron chi connectivity index (χ1n) is 7.49. The van der Waals surface area contributed by atoms with E-state index in [4.69, 9.17) is 4.74 Å². The van der Waals surface area contributed by atoms with E-state index in [9.17, 15) is 18.4 Å². The summed E-state index contributed by atoms with van der Waals surface area (Å²) in [4.78, 5) is 0. The van der Waals surface area contributed by atoms with Gasteiger partial charge in [-0.25, -0.2) is 0 Å². The molecule has 0 spiro atoms. The fourth-order valence-corrected chi connectivity index (χ4v) is 3.20. The molecule has 0 aliphatic rings. The molecule has 0 heterocycles. The van der Waals surface area contributed by atoms with Crippen LogP contribution in [-0.2, 0) is 52.1 Å². The summed E-state index contributed by atoms with van der Waals surface area (Å²) in [6, 6.07) is 20.8. The van der Waals surface area contributed by atoms with Crippen LogP contribution in [0.2, 0.25) is 0 Å². The van der Waals surface area contributed by atoms with Gasteiger partial charge in [-0.1, -0.05) is 0 Å². The standard InChI is InChI=1S/C18H17N2O.CF3.W.Y/c1-15-8-6-7-11-17(15)21-14-18(2,13-19)20-12-16-9-4-3-5-10-16;2-1(3)4;;/h4-11,20H,14H2,1-2H3;;;/q2*-1;;. The van der Waals surface area contributed by atoms with Crippen LogP contribution < -0.4 is 10.1 Å². The van der Waals surface area contributed by atoms with E-state index in [1.54, 1.807) is 0 Å². The molecule has 0 saturated heterocycles. The van der Waals surface area contributed by atoms with Crippen molar-refractivity contribution in [2.75, 3.05) is 6.61 Å². The van der Waals surface area contributed by atoms with Crippen LogP contribution in [0.5, 0.6) is 5.75 Å². The maximum absolute atomic E-state index is 9.58. The molecule has 0 amide bonds. The quantitative estimate of drug-likeness (QED) is 0.496. The first-order valence-corrected chi connectivity index (χ1v) is 8.96. The Morgan fingerprint density at radius 3 is 2.33 bits per heavy atom. The molecule has 1 atom stereocenters. The largest absolute Gasteiger partial charge is 0.385 e. The summed E-state index contributed by atoms with van der Waals surface area (Å²) in [6.07, 6.45) is 0. The van der Waals surface area contributed by atoms with Gasteiger partial charge in [0.25, 0.3) is 0 Å². The monoisotopic (exact) mass is 619 g/mol. The zero-order valence-corrected chi connectivity index (χ0v) is 20.6. The van der Waals surface area contributed by atoms with Crippen LogP contribution in [0, 0.1) is 31.0 Å². The van der Waals surface area contributed by atoms with Gasteiger partial charge in [-0.3, -0.25) is 0 Å². The number of benzene rings is 2. The molecular formula is C19H17F3N2OWY-2. The Balaban J connectivity index is 0.00000123. The third kappa shape index (κ3) is 10.3. The van der Waals surface area contributed by atoms with Crippen molar-refractivity contribution >= 4 is 4.02 Å². The van der Waals surface area contributed by atoms with Crippen molar-refractivity contribution in [3.05, 3.63) is 72.4 Å². The average Bonchev–Trinajstić information content (AvgIpc) is 2.61. The average molecular weight is 619 g/mol. The van der Waals surface area contributed by atoms with E-state index in [0.717, 1.165) is 20.9 Å². The molecular weight excluding hydrogens is 602 g/mol. The van der Waals surface area contributed by atoms with Gasteiger partial charge in [0.15, 0.2) is 6.68 Å². The van der Waals surface area contributed by atoms with Gasteiger partial charge >= 0.3 is 142 Å². The molecule has 141 valence electrons. The number of ether oxygens (including phenoxy) is 1. The van der Waals surface area contributed by atoms with Crippen LogP contribution in [0.15, 0.2) is 48.5 Å². The van der Waals surface area contributed by atoms with Crippen LogP contribution in [0.25, 0.3) is 0 Å². The predicted molar refractivity (Wildman–Crippen MR) is 89.8 cm³/mol. The third-order valence-corrected chi connectivity index (χ3v) is 4.44. The van der Waals surface area contributed by atoms with E-state index in [1.807, 2.05) is 62.4 Å². The summed E-state index contributed by atoms with van der Waals surface area (Å²) in [6.45, 7) is 1.04. The van der Waals surface area contributed by atoms with Crippen LogP contribution in [0.3, 0.4) is 0 Å². The minimum Gasteiger partial charge on any atom is -0.385 e. The van der Waals surface area contributed by atoms with Gasteiger partial charge in [0.05, 0.1) is 0 Å². The number of nitrogens with zero attached hydrogens (tertiary/aromatic N) is 1. The molecule has 0 aliphatic carbocycles. The number of hydrogen-bond donors (Lipinski definition) is 1. The van der Waals surface area contributed by atoms with Gasteiger partial charge in [0.1, 0.15) is 0 Å². The number of nitrogens with one attached hydrogen (secondary N) is 1. The molecule has 3 nitrogen and oxygen atoms in total. The van der Waals surface area contributed by atoms with Gasteiger partial charge in [-0.15, -0.1) is 0 Å². The van der Waals surface area contributed by atoms with Gasteiger partial charge in [0, 0.05) is 32.7 Å². The van der Waals surface area contributed by atoms with E-state index in [-0.39, 0.29) is 39.3 Å². The SMILES string of the molecule is Cc1ccccc1OCC(C)(C#N)N[C](=[W])c1cc[c-]cc1.F[C-](F)F.[Y]. The summed E-state index contributed by atoms with van der Waals surface area (Å²) in [5.41, 5.74) is 1.36. The minimum absolute atomic E-state index is 0. The van der Waals surface area contributed by atoms with Gasteiger partial charge in [-0.05, 0) is 0 Å². The van der Waals surface area contributed by atoms with E-state index < -0.39 is 12.2 Å². The molecule has 0 aliphatic heterocycles. The maximum Gasteiger partial charge on any atom is 0.154 e. The molecule has 1 N–H and O–H groups in total.